The van der Waals surface area contributed by atoms with Crippen molar-refractivity contribution in [3.8, 4) is 0 Å². The Kier molecular flexibility index (Phi) is 8.51. The molecule has 1 aromatic carbocycles. The molecule has 25 heavy (non-hydrogen) atoms. The number of carbonyl (C=O) groups is 1. The highest BCUT2D eigenvalue weighted by atomic mass is 35.5. The number of carbonyl (C=O) groups excluding carboxylic acids is 1. The maximum absolute atomic E-state index is 12.0. The van der Waals surface area contributed by atoms with Gasteiger partial charge in [0.15, 0.2) is 5.96 Å². The normalized spacial score (nSPS) is 15.7. The highest BCUT2D eigenvalue weighted by Gasteiger charge is 2.09. The van der Waals surface area contributed by atoms with Crippen molar-refractivity contribution in [1.29, 1.82) is 0 Å². The van der Waals surface area contributed by atoms with Crippen LogP contribution in [0.15, 0.2) is 29.3 Å². The minimum atomic E-state index is -0.117. The quantitative estimate of drug-likeness (QED) is 0.373. The van der Waals surface area contributed by atoms with Crippen LogP contribution in [0.2, 0.25) is 5.02 Å². The lowest BCUT2D eigenvalue weighted by molar-refractivity contribution is 0.0389. The summed E-state index contributed by atoms with van der Waals surface area (Å²) in [5.74, 6) is 0.614. The van der Waals surface area contributed by atoms with Gasteiger partial charge in [0.25, 0.3) is 5.91 Å². The fraction of sp³-hybridized carbons (Fsp3) is 0.529. The molecule has 0 bridgehead atoms. The Bertz CT molecular complexity index is 559. The minimum absolute atomic E-state index is 0.117. The zero-order chi connectivity index (χ0) is 17.9. The maximum Gasteiger partial charge on any atom is 0.251 e. The number of morpholine rings is 1. The number of aliphatic imine (C=N–C) groups is 1. The molecular formula is C17H26ClN5O2. The topological polar surface area (TPSA) is 78.0 Å². The summed E-state index contributed by atoms with van der Waals surface area (Å²) in [5, 5.41) is 9.93. The molecule has 8 heteroatoms. The van der Waals surface area contributed by atoms with Crippen molar-refractivity contribution in [2.24, 2.45) is 4.99 Å². The van der Waals surface area contributed by atoms with E-state index in [9.17, 15) is 4.79 Å². The largest absolute Gasteiger partial charge is 0.379 e. The van der Waals surface area contributed by atoms with E-state index in [1.807, 2.05) is 0 Å². The van der Waals surface area contributed by atoms with E-state index in [1.165, 1.54) is 0 Å². The van der Waals surface area contributed by atoms with Gasteiger partial charge < -0.3 is 20.7 Å². The molecule has 1 amide bonds. The predicted molar refractivity (Wildman–Crippen MR) is 100 cm³/mol. The molecule has 0 aliphatic carbocycles. The van der Waals surface area contributed by atoms with Crippen LogP contribution in [0.1, 0.15) is 10.4 Å². The first kappa shape index (κ1) is 19.5. The molecular weight excluding hydrogens is 342 g/mol. The third-order valence-corrected chi connectivity index (χ3v) is 4.11. The number of amides is 1. The van der Waals surface area contributed by atoms with Gasteiger partial charge in [-0.1, -0.05) is 11.6 Å². The monoisotopic (exact) mass is 367 g/mol. The summed E-state index contributed by atoms with van der Waals surface area (Å²) in [4.78, 5) is 18.5. The number of hydrogen-bond donors (Lipinski definition) is 3. The van der Waals surface area contributed by atoms with E-state index in [-0.39, 0.29) is 5.91 Å². The molecule has 1 aliphatic heterocycles. The number of guanidine groups is 1. The predicted octanol–water partition coefficient (Wildman–Crippen LogP) is 0.567. The van der Waals surface area contributed by atoms with E-state index in [1.54, 1.807) is 31.3 Å². The molecule has 3 N–H and O–H groups in total. The summed E-state index contributed by atoms with van der Waals surface area (Å²) < 4.78 is 5.33. The van der Waals surface area contributed by atoms with E-state index >= 15 is 0 Å². The van der Waals surface area contributed by atoms with Crippen LogP contribution in [0.4, 0.5) is 0 Å². The Morgan fingerprint density at radius 1 is 1.12 bits per heavy atom. The molecule has 2 rings (SSSR count). The number of halogens is 1. The van der Waals surface area contributed by atoms with Crippen molar-refractivity contribution in [2.45, 2.75) is 0 Å². The van der Waals surface area contributed by atoms with Crippen LogP contribution in [-0.4, -0.2) is 76.3 Å². The lowest BCUT2D eigenvalue weighted by Gasteiger charge is -2.26. The van der Waals surface area contributed by atoms with E-state index in [0.717, 1.165) is 45.4 Å². The van der Waals surface area contributed by atoms with Crippen LogP contribution < -0.4 is 16.0 Å². The van der Waals surface area contributed by atoms with Crippen molar-refractivity contribution >= 4 is 23.5 Å². The summed E-state index contributed by atoms with van der Waals surface area (Å²) in [7, 11) is 1.73. The molecule has 1 fully saturated rings. The minimum Gasteiger partial charge on any atom is -0.379 e. The SMILES string of the molecule is CN=C(NCCNC(=O)c1ccc(Cl)cc1)NCCN1CCOCC1. The van der Waals surface area contributed by atoms with E-state index in [0.29, 0.717) is 23.7 Å². The molecule has 0 radical (unpaired) electrons. The summed E-state index contributed by atoms with van der Waals surface area (Å²) >= 11 is 5.81. The molecule has 0 spiro atoms. The van der Waals surface area contributed by atoms with Gasteiger partial charge in [-0.05, 0) is 24.3 Å². The fourth-order valence-electron chi connectivity index (χ4n) is 2.44. The highest BCUT2D eigenvalue weighted by molar-refractivity contribution is 6.30. The van der Waals surface area contributed by atoms with Crippen LogP contribution >= 0.6 is 11.6 Å². The zero-order valence-electron chi connectivity index (χ0n) is 14.6. The lowest BCUT2D eigenvalue weighted by Crippen LogP contribution is -2.45. The lowest BCUT2D eigenvalue weighted by atomic mass is 10.2. The number of ether oxygens (including phenoxy) is 1. The number of rotatable bonds is 7. The molecule has 7 nitrogen and oxygen atoms in total. The molecule has 1 aromatic rings. The van der Waals surface area contributed by atoms with Crippen LogP contribution in [0, 0.1) is 0 Å². The molecule has 0 atom stereocenters. The van der Waals surface area contributed by atoms with Crippen LogP contribution in [0.3, 0.4) is 0 Å². The average molecular weight is 368 g/mol. The summed E-state index contributed by atoms with van der Waals surface area (Å²) in [6.45, 7) is 6.44. The third-order valence-electron chi connectivity index (χ3n) is 3.86. The Labute approximate surface area is 153 Å². The van der Waals surface area contributed by atoms with Crippen molar-refractivity contribution < 1.29 is 9.53 Å². The van der Waals surface area contributed by atoms with Gasteiger partial charge in [0.05, 0.1) is 13.2 Å². The Hall–Kier alpha value is -1.83. The number of nitrogens with zero attached hydrogens (tertiary/aromatic N) is 2. The van der Waals surface area contributed by atoms with Gasteiger partial charge in [-0.3, -0.25) is 14.7 Å². The van der Waals surface area contributed by atoms with Gasteiger partial charge in [-0.15, -0.1) is 0 Å². The Balaban J connectivity index is 1.58. The molecule has 1 heterocycles. The standard InChI is InChI=1S/C17H26ClN5O2/c1-19-17(22-8-9-23-10-12-25-13-11-23)21-7-6-20-16(24)14-2-4-15(18)5-3-14/h2-5H,6-13H2,1H3,(H,20,24)(H2,19,21,22). The first-order valence-electron chi connectivity index (χ1n) is 8.47. The van der Waals surface area contributed by atoms with E-state index in [2.05, 4.69) is 25.8 Å². The smallest absolute Gasteiger partial charge is 0.251 e. The van der Waals surface area contributed by atoms with E-state index < -0.39 is 0 Å². The number of benzene rings is 1. The van der Waals surface area contributed by atoms with Crippen molar-refractivity contribution in [3.05, 3.63) is 34.9 Å². The summed E-state index contributed by atoms with van der Waals surface area (Å²) in [5.41, 5.74) is 0.595. The van der Waals surface area contributed by atoms with Crippen molar-refractivity contribution in [3.63, 3.8) is 0 Å². The third kappa shape index (κ3) is 7.29. The molecule has 1 aliphatic rings. The Morgan fingerprint density at radius 3 is 2.44 bits per heavy atom. The molecule has 0 unspecified atom stereocenters. The van der Waals surface area contributed by atoms with Gasteiger partial charge in [-0.2, -0.15) is 0 Å². The fourth-order valence-corrected chi connectivity index (χ4v) is 2.56. The van der Waals surface area contributed by atoms with Gasteiger partial charge in [0.2, 0.25) is 0 Å². The zero-order valence-corrected chi connectivity index (χ0v) is 15.3. The molecule has 1 saturated heterocycles. The average Bonchev–Trinajstić information content (AvgIpc) is 2.65. The molecule has 0 saturated carbocycles. The second kappa shape index (κ2) is 10.9. The van der Waals surface area contributed by atoms with E-state index in [4.69, 9.17) is 16.3 Å². The second-order valence-corrected chi connectivity index (χ2v) is 6.08. The number of nitrogens with one attached hydrogen (secondary N) is 3. The highest BCUT2D eigenvalue weighted by Crippen LogP contribution is 2.09. The van der Waals surface area contributed by atoms with Crippen LogP contribution in [0.25, 0.3) is 0 Å². The summed E-state index contributed by atoms with van der Waals surface area (Å²) in [6.07, 6.45) is 0. The molecule has 138 valence electrons. The first-order valence-corrected chi connectivity index (χ1v) is 8.85. The van der Waals surface area contributed by atoms with Crippen molar-refractivity contribution in [1.82, 2.24) is 20.9 Å². The van der Waals surface area contributed by atoms with Crippen LogP contribution in [0.5, 0.6) is 0 Å². The maximum atomic E-state index is 12.0. The number of hydrogen-bond acceptors (Lipinski definition) is 4. The Morgan fingerprint density at radius 2 is 1.76 bits per heavy atom. The summed E-state index contributed by atoms with van der Waals surface area (Å²) in [6, 6.07) is 6.82. The molecule has 0 aromatic heterocycles. The van der Waals surface area contributed by atoms with Gasteiger partial charge in [0, 0.05) is 56.9 Å². The first-order chi connectivity index (χ1) is 12.2. The van der Waals surface area contributed by atoms with Gasteiger partial charge >= 0.3 is 0 Å². The second-order valence-electron chi connectivity index (χ2n) is 5.64. The van der Waals surface area contributed by atoms with Gasteiger partial charge in [0.1, 0.15) is 0 Å². The van der Waals surface area contributed by atoms with Crippen molar-refractivity contribution in [2.75, 3.05) is 59.5 Å². The van der Waals surface area contributed by atoms with Gasteiger partial charge in [-0.25, -0.2) is 0 Å². The van der Waals surface area contributed by atoms with Crippen LogP contribution in [-0.2, 0) is 4.74 Å².